The third-order valence-electron chi connectivity index (χ3n) is 6.01. The summed E-state index contributed by atoms with van der Waals surface area (Å²) in [5, 5.41) is 35.0. The molecule has 2 aromatic carbocycles. The van der Waals surface area contributed by atoms with Crippen molar-refractivity contribution in [2.45, 2.75) is 38.5 Å². The molecule has 0 saturated carbocycles. The second-order valence-electron chi connectivity index (χ2n) is 9.37. The van der Waals surface area contributed by atoms with Crippen LogP contribution in [0.25, 0.3) is 22.3 Å². The maximum absolute atomic E-state index is 10.3. The van der Waals surface area contributed by atoms with Crippen molar-refractivity contribution in [2.75, 3.05) is 7.05 Å². The molecule has 4 N–H and O–H groups in total. The van der Waals surface area contributed by atoms with Crippen molar-refractivity contribution in [3.05, 3.63) is 89.9 Å². The molecule has 0 fully saturated rings. The lowest BCUT2D eigenvalue weighted by Crippen LogP contribution is -2.42. The van der Waals surface area contributed by atoms with E-state index < -0.39 is 36.4 Å². The second-order valence-corrected chi connectivity index (χ2v) is 9.37. The smallest absolute Gasteiger partial charge is 0.336 e. The first kappa shape index (κ1) is 29.8. The fraction of sp³-hybridized carbons (Fsp3) is 0.241. The summed E-state index contributed by atoms with van der Waals surface area (Å²) in [6, 6.07) is 18.6. The summed E-state index contributed by atoms with van der Waals surface area (Å²) in [7, 11) is 2.12. The number of carboxylic acid groups (broad SMARTS) is 3. The number of hydrogen-bond donors (Lipinski definition) is 4. The normalized spacial score (nSPS) is 11.1. The summed E-state index contributed by atoms with van der Waals surface area (Å²) < 4.78 is 0. The molecule has 2 aromatic heterocycles. The molecule has 0 atom stereocenters. The van der Waals surface area contributed by atoms with Crippen LogP contribution < -0.4 is 0 Å². The van der Waals surface area contributed by atoms with Crippen LogP contribution in [0.5, 0.6) is 0 Å². The lowest BCUT2D eigenvalue weighted by atomic mass is 9.96. The van der Waals surface area contributed by atoms with E-state index in [2.05, 4.69) is 70.2 Å². The third kappa shape index (κ3) is 8.13. The summed E-state index contributed by atoms with van der Waals surface area (Å²) in [6.07, 6.45) is 3.40. The van der Waals surface area contributed by atoms with E-state index in [0.29, 0.717) is 0 Å². The van der Waals surface area contributed by atoms with E-state index in [1.807, 2.05) is 36.8 Å². The van der Waals surface area contributed by atoms with Crippen molar-refractivity contribution in [2.24, 2.45) is 0 Å². The Hall–Kier alpha value is -4.74. The molecule has 0 unspecified atom stereocenters. The third-order valence-corrected chi connectivity index (χ3v) is 6.01. The number of aliphatic hydroxyl groups is 1. The van der Waals surface area contributed by atoms with E-state index in [1.54, 1.807) is 0 Å². The van der Waals surface area contributed by atoms with E-state index in [1.165, 1.54) is 16.5 Å². The highest BCUT2D eigenvalue weighted by Gasteiger charge is 2.40. The molecule has 0 aliphatic heterocycles. The topological polar surface area (TPSA) is 174 Å². The highest BCUT2D eigenvalue weighted by Crippen LogP contribution is 2.21. The highest BCUT2D eigenvalue weighted by molar-refractivity contribution is 5.88. The van der Waals surface area contributed by atoms with Gasteiger partial charge in [0.1, 0.15) is 0 Å². The number of nitrogens with zero attached hydrogens (tertiary/aromatic N) is 4. The van der Waals surface area contributed by atoms with Gasteiger partial charge in [-0.3, -0.25) is 19.5 Å². The van der Waals surface area contributed by atoms with Gasteiger partial charge in [0.05, 0.1) is 18.4 Å². The van der Waals surface area contributed by atoms with E-state index in [0.717, 1.165) is 35.6 Å². The number of carbonyl (C=O) groups is 3. The maximum atomic E-state index is 10.3. The lowest BCUT2D eigenvalue weighted by Gasteiger charge is -2.18. The Bertz CT molecular complexity index is 1470. The predicted octanol–water partition coefficient (Wildman–Crippen LogP) is 3.38. The molecule has 0 amide bonds. The molecular weight excluding hydrogens is 516 g/mol. The first-order valence-corrected chi connectivity index (χ1v) is 12.3. The number of pyridine rings is 1. The standard InChI is InChI=1S/C23H22N4.C6H8O7/c1-17-7-3-4-9-20(17)23-25-13-18(14-26-23)15-27(2)16-19-8-5-11-22-21(19)10-6-12-24-22;7-3(8)1-6(13,5(11)12)2-4(9)10/h3-14H,15-16H2,1-2H3;13H,1-2H2,(H,7,8)(H,9,10)(H,11,12). The Morgan fingerprint density at radius 1 is 0.825 bits per heavy atom. The number of aryl methyl sites for hydroxylation is 1. The zero-order valence-corrected chi connectivity index (χ0v) is 22.1. The number of hydrogen-bond acceptors (Lipinski definition) is 8. The Labute approximate surface area is 230 Å². The number of carboxylic acids is 3. The van der Waals surface area contributed by atoms with Gasteiger partial charge in [-0.2, -0.15) is 0 Å². The van der Waals surface area contributed by atoms with Gasteiger partial charge in [0.2, 0.25) is 0 Å². The maximum Gasteiger partial charge on any atom is 0.336 e. The minimum Gasteiger partial charge on any atom is -0.481 e. The first-order valence-electron chi connectivity index (χ1n) is 12.3. The van der Waals surface area contributed by atoms with Gasteiger partial charge in [-0.1, -0.05) is 42.5 Å². The number of rotatable bonds is 10. The van der Waals surface area contributed by atoms with Crippen LogP contribution >= 0.6 is 0 Å². The van der Waals surface area contributed by atoms with Crippen molar-refractivity contribution in [1.29, 1.82) is 0 Å². The number of fused-ring (bicyclic) bond motifs is 1. The SMILES string of the molecule is Cc1ccccc1-c1ncc(CN(C)Cc2cccc3ncccc23)cn1.O=C(O)CC(O)(CC(=O)O)C(=O)O. The van der Waals surface area contributed by atoms with Crippen molar-refractivity contribution < 1.29 is 34.8 Å². The molecule has 2 heterocycles. The number of aliphatic carboxylic acids is 3. The average Bonchev–Trinajstić information content (AvgIpc) is 2.89. The van der Waals surface area contributed by atoms with Crippen LogP contribution in [-0.4, -0.2) is 70.8 Å². The molecule has 4 rings (SSSR count). The minimum atomic E-state index is -2.74. The van der Waals surface area contributed by atoms with Gasteiger partial charge in [0.15, 0.2) is 11.4 Å². The summed E-state index contributed by atoms with van der Waals surface area (Å²) >= 11 is 0. The molecule has 11 heteroatoms. The van der Waals surface area contributed by atoms with Crippen LogP contribution in [0.15, 0.2) is 73.2 Å². The highest BCUT2D eigenvalue weighted by atomic mass is 16.4. The van der Waals surface area contributed by atoms with Crippen molar-refractivity contribution >= 4 is 28.8 Å². The summed E-state index contributed by atoms with van der Waals surface area (Å²) in [5.41, 5.74) is 2.95. The largest absolute Gasteiger partial charge is 0.481 e. The van der Waals surface area contributed by atoms with Crippen molar-refractivity contribution in [1.82, 2.24) is 19.9 Å². The van der Waals surface area contributed by atoms with Crippen molar-refractivity contribution in [3.8, 4) is 11.4 Å². The zero-order valence-electron chi connectivity index (χ0n) is 22.1. The Balaban J connectivity index is 0.000000289. The van der Waals surface area contributed by atoms with Crippen LogP contribution in [-0.2, 0) is 27.5 Å². The predicted molar refractivity (Wildman–Crippen MR) is 146 cm³/mol. The van der Waals surface area contributed by atoms with Gasteiger partial charge in [-0.25, -0.2) is 14.8 Å². The van der Waals surface area contributed by atoms with Gasteiger partial charge in [0.25, 0.3) is 0 Å². The molecule has 11 nitrogen and oxygen atoms in total. The van der Waals surface area contributed by atoms with Gasteiger partial charge in [-0.15, -0.1) is 0 Å². The first-order chi connectivity index (χ1) is 19.0. The summed E-state index contributed by atoms with van der Waals surface area (Å²) in [6.45, 7) is 3.73. The second kappa shape index (κ2) is 13.4. The minimum absolute atomic E-state index is 0.777. The molecule has 0 saturated heterocycles. The molecule has 0 radical (unpaired) electrons. The average molecular weight is 547 g/mol. The van der Waals surface area contributed by atoms with Gasteiger partial charge >= 0.3 is 17.9 Å². The molecule has 40 heavy (non-hydrogen) atoms. The number of aromatic nitrogens is 3. The molecule has 4 aromatic rings. The molecule has 0 aliphatic rings. The molecule has 0 spiro atoms. The van der Waals surface area contributed by atoms with E-state index in [9.17, 15) is 14.4 Å². The van der Waals surface area contributed by atoms with E-state index in [-0.39, 0.29) is 0 Å². The van der Waals surface area contributed by atoms with Crippen LogP contribution in [0, 0.1) is 6.92 Å². The van der Waals surface area contributed by atoms with Gasteiger partial charge in [-0.05, 0) is 37.2 Å². The van der Waals surface area contributed by atoms with Crippen LogP contribution in [0.1, 0.15) is 29.5 Å². The summed E-state index contributed by atoms with van der Waals surface area (Å²) in [5.74, 6) is -4.24. The molecular formula is C29H30N4O7. The Kier molecular flexibility index (Phi) is 9.96. The van der Waals surface area contributed by atoms with E-state index in [4.69, 9.17) is 20.4 Å². The molecule has 0 aliphatic carbocycles. The lowest BCUT2D eigenvalue weighted by molar-refractivity contribution is -0.170. The fourth-order valence-corrected chi connectivity index (χ4v) is 4.08. The monoisotopic (exact) mass is 546 g/mol. The molecule has 208 valence electrons. The zero-order chi connectivity index (χ0) is 29.3. The summed E-state index contributed by atoms with van der Waals surface area (Å²) in [4.78, 5) is 46.3. The van der Waals surface area contributed by atoms with Crippen LogP contribution in [0.2, 0.25) is 0 Å². The van der Waals surface area contributed by atoms with Gasteiger partial charge < -0.3 is 20.4 Å². The van der Waals surface area contributed by atoms with Crippen LogP contribution in [0.4, 0.5) is 0 Å². The van der Waals surface area contributed by atoms with Crippen molar-refractivity contribution in [3.63, 3.8) is 0 Å². The Morgan fingerprint density at radius 3 is 2.08 bits per heavy atom. The number of benzene rings is 2. The van der Waals surface area contributed by atoms with Gasteiger partial charge in [0, 0.05) is 48.2 Å². The fourth-order valence-electron chi connectivity index (χ4n) is 4.08. The Morgan fingerprint density at radius 2 is 1.48 bits per heavy atom. The quantitative estimate of drug-likeness (QED) is 0.229. The van der Waals surface area contributed by atoms with Crippen LogP contribution in [0.3, 0.4) is 0 Å². The molecule has 0 bridgehead atoms. The van der Waals surface area contributed by atoms with E-state index >= 15 is 0 Å².